The minimum absolute atomic E-state index is 0.0479. The normalized spacial score (nSPS) is 44.8. The molecule has 6 nitrogen and oxygen atoms in total. The molecule has 0 radical (unpaired) electrons. The molecule has 34 heavy (non-hydrogen) atoms. The Labute approximate surface area is 202 Å². The summed E-state index contributed by atoms with van der Waals surface area (Å²) in [6.07, 6.45) is 9.22. The van der Waals surface area contributed by atoms with Crippen molar-refractivity contribution in [3.63, 3.8) is 0 Å². The maximum atomic E-state index is 14.0. The van der Waals surface area contributed by atoms with Gasteiger partial charge in [0.1, 0.15) is 11.7 Å². The molecular weight excluding hydrogens is 428 g/mol. The largest absolute Gasteiger partial charge is 0.443 e. The van der Waals surface area contributed by atoms with Crippen LogP contribution in [0.4, 0.5) is 4.79 Å². The average molecular weight is 465 g/mol. The van der Waals surface area contributed by atoms with Crippen LogP contribution >= 0.6 is 0 Å². The summed E-state index contributed by atoms with van der Waals surface area (Å²) >= 11 is 0. The second-order valence-corrected chi connectivity index (χ2v) is 12.8. The van der Waals surface area contributed by atoms with E-state index in [1.165, 1.54) is 0 Å². The Morgan fingerprint density at radius 2 is 1.82 bits per heavy atom. The van der Waals surface area contributed by atoms with E-state index in [4.69, 9.17) is 10.5 Å². The zero-order valence-corrected chi connectivity index (χ0v) is 20.8. The van der Waals surface area contributed by atoms with Gasteiger partial charge in [-0.1, -0.05) is 39.3 Å². The third kappa shape index (κ3) is 3.15. The van der Waals surface area contributed by atoms with Crippen molar-refractivity contribution < 1.29 is 19.1 Å². The van der Waals surface area contributed by atoms with Gasteiger partial charge in [-0.05, 0) is 73.7 Å². The van der Waals surface area contributed by atoms with Gasteiger partial charge in [0.25, 0.3) is 0 Å². The molecule has 0 saturated heterocycles. The van der Waals surface area contributed by atoms with Gasteiger partial charge in [0, 0.05) is 23.7 Å². The van der Waals surface area contributed by atoms with E-state index in [0.717, 1.165) is 50.5 Å². The Balaban J connectivity index is 1.62. The third-order valence-corrected chi connectivity index (χ3v) is 10.5. The number of allylic oxidation sites excluding steroid dienone is 4. The van der Waals surface area contributed by atoms with Gasteiger partial charge in [0.2, 0.25) is 0 Å². The number of hydrogen-bond donors (Lipinski definition) is 1. The van der Waals surface area contributed by atoms with Crippen molar-refractivity contribution in [2.45, 2.75) is 84.7 Å². The number of ketones is 2. The number of fused-ring (bicyclic) bond motifs is 7. The minimum Gasteiger partial charge on any atom is -0.443 e. The molecule has 5 rings (SSSR count). The number of nitriles is 1. The molecule has 0 bridgehead atoms. The number of hydrogen-bond acceptors (Lipinski definition) is 5. The highest BCUT2D eigenvalue weighted by atomic mass is 16.6. The van der Waals surface area contributed by atoms with Crippen molar-refractivity contribution in [2.75, 3.05) is 0 Å². The summed E-state index contributed by atoms with van der Waals surface area (Å²) in [6.45, 7) is 8.88. The molecule has 0 aromatic rings. The second kappa shape index (κ2) is 7.29. The molecule has 0 heterocycles. The molecule has 3 saturated carbocycles. The van der Waals surface area contributed by atoms with Crippen LogP contribution in [0.25, 0.3) is 0 Å². The van der Waals surface area contributed by atoms with Crippen LogP contribution in [-0.2, 0) is 14.3 Å². The zero-order valence-electron chi connectivity index (χ0n) is 20.8. The fourth-order valence-electron chi connectivity index (χ4n) is 8.74. The molecule has 6 heteroatoms. The van der Waals surface area contributed by atoms with Gasteiger partial charge in [0.05, 0.1) is 5.57 Å². The quantitative estimate of drug-likeness (QED) is 0.585. The lowest BCUT2D eigenvalue weighted by Gasteiger charge is -2.63. The lowest BCUT2D eigenvalue weighted by Crippen LogP contribution is -2.62. The molecule has 0 aromatic carbocycles. The van der Waals surface area contributed by atoms with Gasteiger partial charge in [-0.2, -0.15) is 5.26 Å². The molecule has 0 aliphatic heterocycles. The van der Waals surface area contributed by atoms with Gasteiger partial charge in [-0.25, -0.2) is 4.79 Å². The standard InChI is InChI=1S/C28H36N2O4/c1-25(2)9-10-28(34-24(30)33)8-6-18-23(19(28)14-25)21(32)12-22-26(18,3)7-5-17-11-20(31)16(15-29)13-27(17,22)4/h12-13,17-19,23H,5-11,14H2,1-4H3,(H2,30,33). The van der Waals surface area contributed by atoms with Gasteiger partial charge in [-0.3, -0.25) is 9.59 Å². The fourth-order valence-corrected chi connectivity index (χ4v) is 8.74. The van der Waals surface area contributed by atoms with Crippen LogP contribution in [0.2, 0.25) is 0 Å². The van der Waals surface area contributed by atoms with E-state index in [-0.39, 0.29) is 51.6 Å². The maximum absolute atomic E-state index is 14.0. The molecular formula is C28H36N2O4. The molecule has 1 amide bonds. The number of rotatable bonds is 1. The van der Waals surface area contributed by atoms with E-state index >= 15 is 0 Å². The highest BCUT2D eigenvalue weighted by Crippen LogP contribution is 2.67. The molecule has 2 N–H and O–H groups in total. The molecule has 182 valence electrons. The van der Waals surface area contributed by atoms with Crippen LogP contribution in [0.5, 0.6) is 0 Å². The molecule has 7 unspecified atom stereocenters. The van der Waals surface area contributed by atoms with Crippen LogP contribution < -0.4 is 5.73 Å². The number of ether oxygens (including phenoxy) is 1. The third-order valence-electron chi connectivity index (χ3n) is 10.5. The maximum Gasteiger partial charge on any atom is 0.405 e. The lowest BCUT2D eigenvalue weighted by molar-refractivity contribution is -0.168. The predicted molar refractivity (Wildman–Crippen MR) is 126 cm³/mol. The predicted octanol–water partition coefficient (Wildman–Crippen LogP) is 5.03. The Hall–Kier alpha value is -2.42. The Morgan fingerprint density at radius 3 is 2.50 bits per heavy atom. The number of carbonyl (C=O) groups excluding carboxylic acids is 3. The first-order chi connectivity index (χ1) is 15.9. The summed E-state index contributed by atoms with van der Waals surface area (Å²) < 4.78 is 5.87. The Bertz CT molecular complexity index is 1080. The SMILES string of the molecule is CC1(C)CCC2(OC(N)=O)CCC3C(C(=O)C=C4C5(C)C=C(C#N)C(=O)CC5CCC43C)C2C1. The van der Waals surface area contributed by atoms with Gasteiger partial charge < -0.3 is 10.5 Å². The van der Waals surface area contributed by atoms with Crippen LogP contribution in [0, 0.1) is 51.2 Å². The first-order valence-electron chi connectivity index (χ1n) is 12.8. The molecule has 0 aromatic heterocycles. The highest BCUT2D eigenvalue weighted by molar-refractivity contribution is 6.01. The second-order valence-electron chi connectivity index (χ2n) is 12.8. The summed E-state index contributed by atoms with van der Waals surface area (Å²) in [5.41, 5.74) is 5.62. The molecule has 3 fully saturated rings. The van der Waals surface area contributed by atoms with Crippen LogP contribution in [0.15, 0.2) is 23.3 Å². The summed E-state index contributed by atoms with van der Waals surface area (Å²) in [4.78, 5) is 38.4. The first kappa shape index (κ1) is 23.3. The van der Waals surface area contributed by atoms with E-state index in [9.17, 15) is 19.6 Å². The van der Waals surface area contributed by atoms with Crippen molar-refractivity contribution in [3.05, 3.63) is 23.3 Å². The Morgan fingerprint density at radius 1 is 1.09 bits per heavy atom. The smallest absolute Gasteiger partial charge is 0.405 e. The topological polar surface area (TPSA) is 110 Å². The van der Waals surface area contributed by atoms with E-state index in [1.807, 2.05) is 12.2 Å². The molecule has 7 atom stereocenters. The number of amides is 1. The van der Waals surface area contributed by atoms with Crippen molar-refractivity contribution in [1.82, 2.24) is 0 Å². The number of carbonyl (C=O) groups is 3. The van der Waals surface area contributed by atoms with Crippen molar-refractivity contribution in [3.8, 4) is 6.07 Å². The molecule has 0 spiro atoms. The van der Waals surface area contributed by atoms with E-state index in [1.54, 1.807) is 0 Å². The molecule has 5 aliphatic rings. The van der Waals surface area contributed by atoms with Crippen molar-refractivity contribution in [1.29, 1.82) is 5.26 Å². The monoisotopic (exact) mass is 464 g/mol. The lowest BCUT2D eigenvalue weighted by atomic mass is 9.41. The van der Waals surface area contributed by atoms with Gasteiger partial charge in [0.15, 0.2) is 11.6 Å². The number of nitrogens with two attached hydrogens (primary N) is 1. The molecule has 5 aliphatic carbocycles. The van der Waals surface area contributed by atoms with Crippen LogP contribution in [0.1, 0.15) is 79.1 Å². The number of primary amides is 1. The average Bonchev–Trinajstić information content (AvgIpc) is 2.75. The summed E-state index contributed by atoms with van der Waals surface area (Å²) in [5.74, 6) is 0.0558. The minimum atomic E-state index is -0.747. The van der Waals surface area contributed by atoms with Crippen molar-refractivity contribution >= 4 is 17.7 Å². The van der Waals surface area contributed by atoms with E-state index in [0.29, 0.717) is 6.42 Å². The van der Waals surface area contributed by atoms with Crippen LogP contribution in [0.3, 0.4) is 0 Å². The fraction of sp³-hybridized carbons (Fsp3) is 0.714. The first-order valence-corrected chi connectivity index (χ1v) is 12.8. The number of Topliss-reactive ketones (excluding diaryl/α,β-unsaturated/α-hetero) is 1. The highest BCUT2D eigenvalue weighted by Gasteiger charge is 2.64. The summed E-state index contributed by atoms with van der Waals surface area (Å²) in [6, 6.07) is 2.10. The Kier molecular flexibility index (Phi) is 5.00. The zero-order chi connectivity index (χ0) is 24.7. The van der Waals surface area contributed by atoms with E-state index < -0.39 is 17.1 Å². The summed E-state index contributed by atoms with van der Waals surface area (Å²) in [7, 11) is 0. The van der Waals surface area contributed by atoms with Crippen molar-refractivity contribution in [2.24, 2.45) is 45.7 Å². The number of nitrogens with zero attached hydrogens (tertiary/aromatic N) is 1. The summed E-state index contributed by atoms with van der Waals surface area (Å²) in [5, 5.41) is 9.57. The van der Waals surface area contributed by atoms with Crippen LogP contribution in [-0.4, -0.2) is 23.3 Å². The van der Waals surface area contributed by atoms with Gasteiger partial charge in [-0.15, -0.1) is 0 Å². The van der Waals surface area contributed by atoms with Gasteiger partial charge >= 0.3 is 6.09 Å². The van der Waals surface area contributed by atoms with E-state index in [2.05, 4.69) is 33.8 Å².